The second-order valence-corrected chi connectivity index (χ2v) is 3.11. The smallest absolute Gasteiger partial charge is 0.237 e. The highest BCUT2D eigenvalue weighted by molar-refractivity contribution is 5.80. The van der Waals surface area contributed by atoms with Gasteiger partial charge in [0, 0.05) is 6.54 Å². The maximum atomic E-state index is 11.3. The molecule has 0 bridgehead atoms. The molecular weight excluding hydrogens is 164 g/mol. The molecule has 0 saturated carbocycles. The second-order valence-electron chi connectivity index (χ2n) is 3.11. The van der Waals surface area contributed by atoms with Crippen molar-refractivity contribution in [2.75, 3.05) is 6.54 Å². The molecule has 1 N–H and O–H groups in total. The fourth-order valence-electron chi connectivity index (χ4n) is 1.05. The molecule has 0 spiro atoms. The Balaban J connectivity index is 3.73. The Labute approximate surface area is 80.1 Å². The van der Waals surface area contributed by atoms with Gasteiger partial charge in [-0.2, -0.15) is 5.26 Å². The zero-order chi connectivity index (χ0) is 10.1. The molecule has 0 saturated heterocycles. The average molecular weight is 182 g/mol. The van der Waals surface area contributed by atoms with Crippen LogP contribution in [-0.4, -0.2) is 12.5 Å². The van der Waals surface area contributed by atoms with Crippen molar-refractivity contribution in [3.8, 4) is 6.07 Å². The number of hydrogen-bond donors (Lipinski definition) is 1. The fraction of sp³-hybridized carbons (Fsp3) is 0.800. The van der Waals surface area contributed by atoms with Crippen LogP contribution in [0, 0.1) is 17.2 Å². The largest absolute Gasteiger partial charge is 0.355 e. The lowest BCUT2D eigenvalue weighted by Gasteiger charge is -2.07. The van der Waals surface area contributed by atoms with Crippen LogP contribution in [0.4, 0.5) is 0 Å². The molecule has 0 fully saturated rings. The zero-order valence-corrected chi connectivity index (χ0v) is 8.47. The molecule has 1 unspecified atom stereocenters. The number of rotatable bonds is 6. The van der Waals surface area contributed by atoms with Gasteiger partial charge in [0.1, 0.15) is 5.92 Å². The Hall–Kier alpha value is -1.04. The van der Waals surface area contributed by atoms with E-state index in [0.717, 1.165) is 19.3 Å². The molecule has 3 nitrogen and oxygen atoms in total. The standard InChI is InChI=1S/C10H18N2O/c1-3-5-7-12-10(13)9(8-11)6-4-2/h9H,3-7H2,1-2H3,(H,12,13). The van der Waals surface area contributed by atoms with E-state index in [9.17, 15) is 4.79 Å². The average Bonchev–Trinajstić information content (AvgIpc) is 2.14. The summed E-state index contributed by atoms with van der Waals surface area (Å²) in [5.74, 6) is -0.570. The summed E-state index contributed by atoms with van der Waals surface area (Å²) in [4.78, 5) is 11.3. The number of amides is 1. The van der Waals surface area contributed by atoms with E-state index < -0.39 is 5.92 Å². The Morgan fingerprint density at radius 3 is 2.62 bits per heavy atom. The van der Waals surface area contributed by atoms with Crippen molar-refractivity contribution in [3.05, 3.63) is 0 Å². The van der Waals surface area contributed by atoms with Crippen LogP contribution >= 0.6 is 0 Å². The van der Waals surface area contributed by atoms with E-state index >= 15 is 0 Å². The summed E-state index contributed by atoms with van der Waals surface area (Å²) in [5.41, 5.74) is 0. The van der Waals surface area contributed by atoms with E-state index in [-0.39, 0.29) is 5.91 Å². The van der Waals surface area contributed by atoms with Gasteiger partial charge < -0.3 is 5.32 Å². The number of nitrogens with zero attached hydrogens (tertiary/aromatic N) is 1. The van der Waals surface area contributed by atoms with E-state index in [4.69, 9.17) is 5.26 Å². The van der Waals surface area contributed by atoms with Crippen LogP contribution in [0.5, 0.6) is 0 Å². The molecule has 0 rings (SSSR count). The number of nitrogens with one attached hydrogen (secondary N) is 1. The van der Waals surface area contributed by atoms with Gasteiger partial charge in [0.25, 0.3) is 0 Å². The van der Waals surface area contributed by atoms with Crippen molar-refractivity contribution in [1.82, 2.24) is 5.32 Å². The fourth-order valence-corrected chi connectivity index (χ4v) is 1.05. The summed E-state index contributed by atoms with van der Waals surface area (Å²) in [6.07, 6.45) is 3.58. The van der Waals surface area contributed by atoms with Crippen LogP contribution in [-0.2, 0) is 4.79 Å². The van der Waals surface area contributed by atoms with Gasteiger partial charge in [-0.15, -0.1) is 0 Å². The molecule has 0 aliphatic carbocycles. The van der Waals surface area contributed by atoms with Crippen LogP contribution < -0.4 is 5.32 Å². The number of carbonyl (C=O) groups excluding carboxylic acids is 1. The molecule has 74 valence electrons. The molecule has 0 aliphatic rings. The second kappa shape index (κ2) is 7.60. The van der Waals surface area contributed by atoms with Gasteiger partial charge in [0.05, 0.1) is 6.07 Å². The Morgan fingerprint density at radius 1 is 1.46 bits per heavy atom. The molecule has 0 aromatic heterocycles. The molecule has 0 radical (unpaired) electrons. The first-order chi connectivity index (χ1) is 6.26. The highest BCUT2D eigenvalue weighted by Gasteiger charge is 2.15. The summed E-state index contributed by atoms with van der Waals surface area (Å²) in [6.45, 7) is 4.74. The molecule has 1 amide bonds. The Morgan fingerprint density at radius 2 is 2.15 bits per heavy atom. The summed E-state index contributed by atoms with van der Waals surface area (Å²) < 4.78 is 0. The van der Waals surface area contributed by atoms with E-state index in [2.05, 4.69) is 12.2 Å². The Bertz CT molecular complexity index is 184. The van der Waals surface area contributed by atoms with Gasteiger partial charge >= 0.3 is 0 Å². The summed E-state index contributed by atoms with van der Waals surface area (Å²) in [5, 5.41) is 11.4. The van der Waals surface area contributed by atoms with Crippen LogP contribution in [0.3, 0.4) is 0 Å². The molecule has 3 heteroatoms. The molecule has 0 aliphatic heterocycles. The molecule has 0 heterocycles. The summed E-state index contributed by atoms with van der Waals surface area (Å²) in [7, 11) is 0. The van der Waals surface area contributed by atoms with Crippen molar-refractivity contribution in [2.24, 2.45) is 5.92 Å². The molecular formula is C10H18N2O. The Kier molecular flexibility index (Phi) is 6.99. The molecule has 1 atom stereocenters. The maximum Gasteiger partial charge on any atom is 0.237 e. The van der Waals surface area contributed by atoms with E-state index in [1.165, 1.54) is 0 Å². The van der Waals surface area contributed by atoms with Gasteiger partial charge in [-0.25, -0.2) is 0 Å². The SMILES string of the molecule is CCCCNC(=O)C(C#N)CCC. The lowest BCUT2D eigenvalue weighted by molar-refractivity contribution is -0.123. The monoisotopic (exact) mass is 182 g/mol. The minimum absolute atomic E-state index is 0.113. The quantitative estimate of drug-likeness (QED) is 0.637. The highest BCUT2D eigenvalue weighted by Crippen LogP contribution is 2.04. The summed E-state index contributed by atoms with van der Waals surface area (Å²) >= 11 is 0. The number of hydrogen-bond acceptors (Lipinski definition) is 2. The van der Waals surface area contributed by atoms with E-state index in [1.807, 2.05) is 13.0 Å². The minimum atomic E-state index is -0.457. The van der Waals surface area contributed by atoms with E-state index in [1.54, 1.807) is 0 Å². The highest BCUT2D eigenvalue weighted by atomic mass is 16.1. The van der Waals surface area contributed by atoms with E-state index in [0.29, 0.717) is 13.0 Å². The number of unbranched alkanes of at least 4 members (excludes halogenated alkanes) is 1. The van der Waals surface area contributed by atoms with Crippen LogP contribution in [0.2, 0.25) is 0 Å². The van der Waals surface area contributed by atoms with Gasteiger partial charge in [-0.05, 0) is 12.8 Å². The van der Waals surface area contributed by atoms with Crippen molar-refractivity contribution in [1.29, 1.82) is 5.26 Å². The van der Waals surface area contributed by atoms with Crippen LogP contribution in [0.15, 0.2) is 0 Å². The van der Waals surface area contributed by atoms with Crippen molar-refractivity contribution in [3.63, 3.8) is 0 Å². The van der Waals surface area contributed by atoms with Crippen LogP contribution in [0.1, 0.15) is 39.5 Å². The summed E-state index contributed by atoms with van der Waals surface area (Å²) in [6, 6.07) is 2.02. The van der Waals surface area contributed by atoms with Gasteiger partial charge in [-0.3, -0.25) is 4.79 Å². The number of carbonyl (C=O) groups is 1. The first kappa shape index (κ1) is 12.0. The van der Waals surface area contributed by atoms with Crippen LogP contribution in [0.25, 0.3) is 0 Å². The molecule has 13 heavy (non-hydrogen) atoms. The maximum absolute atomic E-state index is 11.3. The molecule has 0 aromatic carbocycles. The third-order valence-corrected chi connectivity index (χ3v) is 1.88. The predicted octanol–water partition coefficient (Wildman–Crippen LogP) is 1.84. The lowest BCUT2D eigenvalue weighted by Crippen LogP contribution is -2.30. The predicted molar refractivity (Wildman–Crippen MR) is 51.9 cm³/mol. The van der Waals surface area contributed by atoms with Crippen molar-refractivity contribution < 1.29 is 4.79 Å². The normalized spacial score (nSPS) is 11.8. The van der Waals surface area contributed by atoms with Crippen molar-refractivity contribution in [2.45, 2.75) is 39.5 Å². The van der Waals surface area contributed by atoms with Gasteiger partial charge in [0.2, 0.25) is 5.91 Å². The third-order valence-electron chi connectivity index (χ3n) is 1.88. The zero-order valence-electron chi connectivity index (χ0n) is 8.47. The lowest BCUT2D eigenvalue weighted by atomic mass is 10.1. The minimum Gasteiger partial charge on any atom is -0.355 e. The molecule has 0 aromatic rings. The first-order valence-corrected chi connectivity index (χ1v) is 4.93. The van der Waals surface area contributed by atoms with Gasteiger partial charge in [0.15, 0.2) is 0 Å². The van der Waals surface area contributed by atoms with Crippen molar-refractivity contribution >= 4 is 5.91 Å². The third kappa shape index (κ3) is 5.24. The number of nitriles is 1. The topological polar surface area (TPSA) is 52.9 Å². The van der Waals surface area contributed by atoms with Gasteiger partial charge in [-0.1, -0.05) is 26.7 Å². The first-order valence-electron chi connectivity index (χ1n) is 4.93.